The Morgan fingerprint density at radius 1 is 1.50 bits per heavy atom. The summed E-state index contributed by atoms with van der Waals surface area (Å²) in [7, 11) is 0. The van der Waals surface area contributed by atoms with E-state index >= 15 is 0 Å². The Bertz CT molecular complexity index is 355. The standard InChI is InChI=1S/C8H13N5O/c9-6-1-3-13(4-2-6)8-11-7(14)5-10-12-8/h5-6H,1-4,9H2,(H,11,12,14). The zero-order valence-electron chi connectivity index (χ0n) is 7.81. The van der Waals surface area contributed by atoms with Gasteiger partial charge < -0.3 is 10.6 Å². The lowest BCUT2D eigenvalue weighted by molar-refractivity contribution is 0.493. The molecule has 6 nitrogen and oxygen atoms in total. The first-order valence-corrected chi connectivity index (χ1v) is 4.68. The number of anilines is 1. The molecule has 6 heteroatoms. The Kier molecular flexibility index (Phi) is 2.45. The van der Waals surface area contributed by atoms with Gasteiger partial charge in [-0.15, -0.1) is 10.2 Å². The fourth-order valence-electron chi connectivity index (χ4n) is 1.56. The van der Waals surface area contributed by atoms with Gasteiger partial charge >= 0.3 is 0 Å². The second-order valence-corrected chi connectivity index (χ2v) is 3.48. The number of piperidine rings is 1. The highest BCUT2D eigenvalue weighted by atomic mass is 16.1. The minimum absolute atomic E-state index is 0.218. The third-order valence-corrected chi connectivity index (χ3v) is 2.40. The largest absolute Gasteiger partial charge is 0.341 e. The van der Waals surface area contributed by atoms with Crippen molar-refractivity contribution in [2.24, 2.45) is 5.73 Å². The van der Waals surface area contributed by atoms with Gasteiger partial charge in [-0.1, -0.05) is 0 Å². The van der Waals surface area contributed by atoms with E-state index in [4.69, 9.17) is 5.73 Å². The normalized spacial score (nSPS) is 18.5. The molecule has 1 aromatic heterocycles. The molecule has 2 rings (SSSR count). The van der Waals surface area contributed by atoms with Crippen molar-refractivity contribution in [2.75, 3.05) is 18.0 Å². The third kappa shape index (κ3) is 1.90. The second-order valence-electron chi connectivity index (χ2n) is 3.48. The number of rotatable bonds is 1. The van der Waals surface area contributed by atoms with Crippen molar-refractivity contribution in [2.45, 2.75) is 18.9 Å². The lowest BCUT2D eigenvalue weighted by Gasteiger charge is -2.29. The van der Waals surface area contributed by atoms with Crippen LogP contribution < -0.4 is 16.2 Å². The van der Waals surface area contributed by atoms with Gasteiger partial charge in [0.05, 0.1) is 0 Å². The molecule has 0 aliphatic carbocycles. The molecule has 1 aromatic rings. The summed E-state index contributed by atoms with van der Waals surface area (Å²) in [6, 6.07) is 0.273. The van der Waals surface area contributed by atoms with Gasteiger partial charge in [-0.3, -0.25) is 9.78 Å². The average Bonchev–Trinajstić information content (AvgIpc) is 2.19. The number of nitrogens with two attached hydrogens (primary N) is 1. The lowest BCUT2D eigenvalue weighted by Crippen LogP contribution is -2.41. The molecule has 3 N–H and O–H groups in total. The van der Waals surface area contributed by atoms with Gasteiger partial charge in [0, 0.05) is 19.1 Å². The van der Waals surface area contributed by atoms with E-state index in [0.717, 1.165) is 25.9 Å². The Balaban J connectivity index is 2.12. The van der Waals surface area contributed by atoms with Crippen molar-refractivity contribution in [3.8, 4) is 0 Å². The Labute approximate surface area is 81.1 Å². The van der Waals surface area contributed by atoms with Gasteiger partial charge in [0.1, 0.15) is 6.20 Å². The third-order valence-electron chi connectivity index (χ3n) is 2.40. The van der Waals surface area contributed by atoms with Crippen LogP contribution in [-0.4, -0.2) is 34.3 Å². The highest BCUT2D eigenvalue weighted by Gasteiger charge is 2.17. The maximum absolute atomic E-state index is 11.0. The van der Waals surface area contributed by atoms with Gasteiger partial charge in [-0.2, -0.15) is 0 Å². The molecule has 1 aliphatic rings. The van der Waals surface area contributed by atoms with E-state index < -0.39 is 0 Å². The van der Waals surface area contributed by atoms with E-state index in [9.17, 15) is 4.79 Å². The van der Waals surface area contributed by atoms with E-state index in [1.165, 1.54) is 6.20 Å². The highest BCUT2D eigenvalue weighted by molar-refractivity contribution is 5.27. The Morgan fingerprint density at radius 3 is 2.86 bits per heavy atom. The lowest BCUT2D eigenvalue weighted by atomic mass is 10.1. The molecule has 0 amide bonds. The van der Waals surface area contributed by atoms with Gasteiger partial charge in [-0.25, -0.2) is 0 Å². The van der Waals surface area contributed by atoms with Gasteiger partial charge in [0.2, 0.25) is 5.95 Å². The first-order valence-electron chi connectivity index (χ1n) is 4.68. The summed E-state index contributed by atoms with van der Waals surface area (Å²) >= 11 is 0. The molecule has 76 valence electrons. The number of hydrogen-bond acceptors (Lipinski definition) is 5. The summed E-state index contributed by atoms with van der Waals surface area (Å²) in [6.07, 6.45) is 3.02. The van der Waals surface area contributed by atoms with Gasteiger partial charge in [0.25, 0.3) is 5.56 Å². The SMILES string of the molecule is NC1CCN(c2nncc(=O)[nH]2)CC1. The maximum Gasteiger partial charge on any atom is 0.271 e. The van der Waals surface area contributed by atoms with E-state index in [0.29, 0.717) is 5.95 Å². The van der Waals surface area contributed by atoms with Crippen LogP contribution >= 0.6 is 0 Å². The van der Waals surface area contributed by atoms with E-state index in [-0.39, 0.29) is 11.6 Å². The number of H-pyrrole nitrogens is 1. The van der Waals surface area contributed by atoms with Crippen LogP contribution in [0, 0.1) is 0 Å². The molecule has 0 spiro atoms. The smallest absolute Gasteiger partial charge is 0.271 e. The fraction of sp³-hybridized carbons (Fsp3) is 0.625. The number of aromatic amines is 1. The summed E-state index contributed by atoms with van der Waals surface area (Å²) in [4.78, 5) is 15.6. The molecule has 1 fully saturated rings. The van der Waals surface area contributed by atoms with Gasteiger partial charge in [0.15, 0.2) is 0 Å². The van der Waals surface area contributed by atoms with Crippen molar-refractivity contribution in [1.29, 1.82) is 0 Å². The van der Waals surface area contributed by atoms with E-state index in [1.807, 2.05) is 4.90 Å². The molecule has 2 heterocycles. The number of hydrogen-bond donors (Lipinski definition) is 2. The first kappa shape index (κ1) is 9.14. The van der Waals surface area contributed by atoms with Crippen molar-refractivity contribution in [1.82, 2.24) is 15.2 Å². The minimum Gasteiger partial charge on any atom is -0.341 e. The van der Waals surface area contributed by atoms with E-state index in [2.05, 4.69) is 15.2 Å². The van der Waals surface area contributed by atoms with Crippen LogP contribution in [0.2, 0.25) is 0 Å². The molecule has 0 radical (unpaired) electrons. The predicted molar refractivity (Wildman–Crippen MR) is 52.1 cm³/mol. The van der Waals surface area contributed by atoms with Crippen LogP contribution in [0.3, 0.4) is 0 Å². The fourth-order valence-corrected chi connectivity index (χ4v) is 1.56. The van der Waals surface area contributed by atoms with Crippen LogP contribution in [-0.2, 0) is 0 Å². The first-order chi connectivity index (χ1) is 6.75. The Morgan fingerprint density at radius 2 is 2.21 bits per heavy atom. The van der Waals surface area contributed by atoms with Crippen LogP contribution in [0.4, 0.5) is 5.95 Å². The van der Waals surface area contributed by atoms with Gasteiger partial charge in [-0.05, 0) is 12.8 Å². The molecular weight excluding hydrogens is 182 g/mol. The molecule has 1 aliphatic heterocycles. The van der Waals surface area contributed by atoms with Crippen molar-refractivity contribution >= 4 is 5.95 Å². The molecule has 0 unspecified atom stereocenters. The van der Waals surface area contributed by atoms with E-state index in [1.54, 1.807) is 0 Å². The van der Waals surface area contributed by atoms with Crippen LogP contribution in [0.5, 0.6) is 0 Å². The summed E-state index contributed by atoms with van der Waals surface area (Å²) in [6.45, 7) is 1.66. The summed E-state index contributed by atoms with van der Waals surface area (Å²) in [5.74, 6) is 0.546. The van der Waals surface area contributed by atoms with Crippen molar-refractivity contribution in [3.05, 3.63) is 16.6 Å². The second kappa shape index (κ2) is 3.75. The number of nitrogens with zero attached hydrogens (tertiary/aromatic N) is 3. The van der Waals surface area contributed by atoms with Crippen molar-refractivity contribution < 1.29 is 0 Å². The summed E-state index contributed by atoms with van der Waals surface area (Å²) < 4.78 is 0. The van der Waals surface area contributed by atoms with Crippen LogP contribution in [0.25, 0.3) is 0 Å². The molecule has 0 aromatic carbocycles. The molecule has 14 heavy (non-hydrogen) atoms. The number of aromatic nitrogens is 3. The monoisotopic (exact) mass is 195 g/mol. The maximum atomic E-state index is 11.0. The predicted octanol–water partition coefficient (Wildman–Crippen LogP) is -0.908. The summed E-state index contributed by atoms with van der Waals surface area (Å²) in [5, 5.41) is 7.48. The quantitative estimate of drug-likeness (QED) is 0.606. The molecule has 0 saturated carbocycles. The highest BCUT2D eigenvalue weighted by Crippen LogP contribution is 2.12. The Hall–Kier alpha value is -1.43. The van der Waals surface area contributed by atoms with Crippen molar-refractivity contribution in [3.63, 3.8) is 0 Å². The molecule has 1 saturated heterocycles. The number of nitrogens with one attached hydrogen (secondary N) is 1. The molecule has 0 bridgehead atoms. The zero-order chi connectivity index (χ0) is 9.97. The molecular formula is C8H13N5O. The molecule has 0 atom stereocenters. The zero-order valence-corrected chi connectivity index (χ0v) is 7.81. The van der Waals surface area contributed by atoms with Crippen LogP contribution in [0.15, 0.2) is 11.0 Å². The summed E-state index contributed by atoms with van der Waals surface area (Å²) in [5.41, 5.74) is 5.55. The topological polar surface area (TPSA) is 87.9 Å². The minimum atomic E-state index is -0.218. The van der Waals surface area contributed by atoms with Crippen LogP contribution in [0.1, 0.15) is 12.8 Å². The average molecular weight is 195 g/mol.